The number of rotatable bonds is 4. The van der Waals surface area contributed by atoms with Crippen molar-refractivity contribution in [1.82, 2.24) is 4.98 Å². The molecule has 0 radical (unpaired) electrons. The maximum Gasteiger partial charge on any atom is 0.257 e. The Bertz CT molecular complexity index is 710. The second kappa shape index (κ2) is 7.38. The van der Waals surface area contributed by atoms with Crippen LogP contribution in [0.15, 0.2) is 36.7 Å². The first-order valence-corrected chi connectivity index (χ1v) is 8.10. The van der Waals surface area contributed by atoms with E-state index in [2.05, 4.69) is 15.6 Å². The summed E-state index contributed by atoms with van der Waals surface area (Å²) in [5, 5.41) is 5.64. The number of carbonyl (C=O) groups excluding carboxylic acids is 1. The third-order valence-electron chi connectivity index (χ3n) is 4.18. The van der Waals surface area contributed by atoms with Gasteiger partial charge < -0.3 is 10.6 Å². The maximum atomic E-state index is 13.6. The van der Waals surface area contributed by atoms with Crippen LogP contribution < -0.4 is 10.6 Å². The number of hydrogen-bond donors (Lipinski definition) is 2. The Morgan fingerprint density at radius 1 is 1.08 bits per heavy atom. The van der Waals surface area contributed by atoms with Crippen LogP contribution in [0.5, 0.6) is 0 Å². The Kier molecular flexibility index (Phi) is 5.03. The molecular formula is C18H19F2N3O. The van der Waals surface area contributed by atoms with Gasteiger partial charge in [-0.25, -0.2) is 8.78 Å². The van der Waals surface area contributed by atoms with Crippen molar-refractivity contribution in [3.8, 4) is 0 Å². The molecule has 2 N–H and O–H groups in total. The second-order valence-corrected chi connectivity index (χ2v) is 5.99. The predicted molar refractivity (Wildman–Crippen MR) is 89.0 cm³/mol. The molecule has 126 valence electrons. The van der Waals surface area contributed by atoms with E-state index in [-0.39, 0.29) is 5.56 Å². The summed E-state index contributed by atoms with van der Waals surface area (Å²) >= 11 is 0. The molecule has 1 aliphatic carbocycles. The zero-order chi connectivity index (χ0) is 16.9. The van der Waals surface area contributed by atoms with E-state index in [1.165, 1.54) is 31.5 Å². The van der Waals surface area contributed by atoms with Gasteiger partial charge in [-0.2, -0.15) is 0 Å². The number of pyridine rings is 1. The first-order valence-electron chi connectivity index (χ1n) is 8.10. The van der Waals surface area contributed by atoms with Crippen LogP contribution >= 0.6 is 0 Å². The molecule has 0 aliphatic heterocycles. The molecule has 1 heterocycles. The Hall–Kier alpha value is -2.50. The van der Waals surface area contributed by atoms with E-state index in [0.29, 0.717) is 6.04 Å². The number of hydrogen-bond acceptors (Lipinski definition) is 3. The molecule has 1 aromatic heterocycles. The smallest absolute Gasteiger partial charge is 0.257 e. The van der Waals surface area contributed by atoms with Gasteiger partial charge in [0.2, 0.25) is 0 Å². The van der Waals surface area contributed by atoms with E-state index in [9.17, 15) is 13.6 Å². The van der Waals surface area contributed by atoms with Crippen molar-refractivity contribution in [1.29, 1.82) is 0 Å². The summed E-state index contributed by atoms with van der Waals surface area (Å²) in [7, 11) is 0. The van der Waals surface area contributed by atoms with E-state index in [1.54, 1.807) is 12.3 Å². The minimum atomic E-state index is -0.812. The highest BCUT2D eigenvalue weighted by Crippen LogP contribution is 2.22. The highest BCUT2D eigenvalue weighted by atomic mass is 19.1. The van der Waals surface area contributed by atoms with Crippen molar-refractivity contribution in [2.75, 3.05) is 10.6 Å². The van der Waals surface area contributed by atoms with Crippen LogP contribution in [0.25, 0.3) is 0 Å². The number of amides is 1. The molecule has 0 bridgehead atoms. The number of aromatic nitrogens is 1. The van der Waals surface area contributed by atoms with Crippen LogP contribution in [-0.4, -0.2) is 16.9 Å². The summed E-state index contributed by atoms with van der Waals surface area (Å²) in [6.07, 6.45) is 8.85. The molecule has 0 unspecified atom stereocenters. The molecule has 1 aromatic carbocycles. The zero-order valence-corrected chi connectivity index (χ0v) is 13.2. The molecule has 24 heavy (non-hydrogen) atoms. The first kappa shape index (κ1) is 16.4. The number of carbonyl (C=O) groups is 1. The van der Waals surface area contributed by atoms with Crippen molar-refractivity contribution in [2.24, 2.45) is 0 Å². The average molecular weight is 331 g/mol. The van der Waals surface area contributed by atoms with Gasteiger partial charge in [-0.1, -0.05) is 25.3 Å². The van der Waals surface area contributed by atoms with Crippen LogP contribution in [0.2, 0.25) is 0 Å². The lowest BCUT2D eigenvalue weighted by Crippen LogP contribution is -2.22. The van der Waals surface area contributed by atoms with E-state index in [4.69, 9.17) is 0 Å². The summed E-state index contributed by atoms with van der Waals surface area (Å²) in [6, 6.07) is 5.46. The highest BCUT2D eigenvalue weighted by Gasteiger charge is 2.16. The standard InChI is InChI=1S/C18H19F2N3O/c19-15-7-4-8-16(20)17(15)23-18(24)12-9-14(11-21-10-12)22-13-5-2-1-3-6-13/h4,7-11,13,22H,1-3,5-6H2,(H,23,24). The molecule has 1 fully saturated rings. The number of nitrogens with zero attached hydrogens (tertiary/aromatic N) is 1. The van der Waals surface area contributed by atoms with Crippen molar-refractivity contribution < 1.29 is 13.6 Å². The predicted octanol–water partition coefficient (Wildman–Crippen LogP) is 4.36. The third kappa shape index (κ3) is 3.88. The van der Waals surface area contributed by atoms with Gasteiger partial charge in [-0.3, -0.25) is 9.78 Å². The number of halogens is 2. The van der Waals surface area contributed by atoms with Crippen LogP contribution in [0.4, 0.5) is 20.2 Å². The summed E-state index contributed by atoms with van der Waals surface area (Å²) < 4.78 is 27.3. The SMILES string of the molecule is O=C(Nc1c(F)cccc1F)c1cncc(NC2CCCCC2)c1. The van der Waals surface area contributed by atoms with Crippen LogP contribution in [0.3, 0.4) is 0 Å². The monoisotopic (exact) mass is 331 g/mol. The maximum absolute atomic E-state index is 13.6. The number of benzene rings is 1. The molecule has 0 spiro atoms. The largest absolute Gasteiger partial charge is 0.381 e. The summed E-state index contributed by atoms with van der Waals surface area (Å²) in [6.45, 7) is 0. The Morgan fingerprint density at radius 2 is 1.79 bits per heavy atom. The summed E-state index contributed by atoms with van der Waals surface area (Å²) in [5.74, 6) is -2.22. The Morgan fingerprint density at radius 3 is 2.50 bits per heavy atom. The molecule has 6 heteroatoms. The topological polar surface area (TPSA) is 54.0 Å². The van der Waals surface area contributed by atoms with Gasteiger partial charge in [0.25, 0.3) is 5.91 Å². The minimum Gasteiger partial charge on any atom is -0.381 e. The molecule has 0 atom stereocenters. The number of anilines is 2. The second-order valence-electron chi connectivity index (χ2n) is 5.99. The van der Waals surface area contributed by atoms with Gasteiger partial charge in [0.05, 0.1) is 11.3 Å². The Labute approximate surface area is 139 Å². The van der Waals surface area contributed by atoms with E-state index < -0.39 is 23.2 Å². The fraction of sp³-hybridized carbons (Fsp3) is 0.333. The molecule has 4 nitrogen and oxygen atoms in total. The van der Waals surface area contributed by atoms with Crippen molar-refractivity contribution in [2.45, 2.75) is 38.1 Å². The molecule has 3 rings (SSSR count). The fourth-order valence-electron chi connectivity index (χ4n) is 2.93. The zero-order valence-electron chi connectivity index (χ0n) is 13.2. The molecule has 1 aliphatic rings. The number of nitrogens with one attached hydrogen (secondary N) is 2. The van der Waals surface area contributed by atoms with Gasteiger partial charge in [0, 0.05) is 18.4 Å². The van der Waals surface area contributed by atoms with E-state index >= 15 is 0 Å². The third-order valence-corrected chi connectivity index (χ3v) is 4.18. The van der Waals surface area contributed by atoms with Gasteiger partial charge in [0.15, 0.2) is 0 Å². The number of para-hydroxylation sites is 1. The van der Waals surface area contributed by atoms with Gasteiger partial charge >= 0.3 is 0 Å². The average Bonchev–Trinajstić information content (AvgIpc) is 2.59. The molecule has 1 amide bonds. The van der Waals surface area contributed by atoms with Crippen molar-refractivity contribution in [3.63, 3.8) is 0 Å². The minimum absolute atomic E-state index is 0.249. The summed E-state index contributed by atoms with van der Waals surface area (Å²) in [4.78, 5) is 16.3. The fourth-order valence-corrected chi connectivity index (χ4v) is 2.93. The molecular weight excluding hydrogens is 312 g/mol. The van der Waals surface area contributed by atoms with Gasteiger partial charge in [-0.15, -0.1) is 0 Å². The lowest BCUT2D eigenvalue weighted by atomic mass is 9.95. The lowest BCUT2D eigenvalue weighted by molar-refractivity contribution is 0.102. The van der Waals surface area contributed by atoms with Crippen LogP contribution in [0.1, 0.15) is 42.5 Å². The summed E-state index contributed by atoms with van der Waals surface area (Å²) in [5.41, 5.74) is 0.537. The quantitative estimate of drug-likeness (QED) is 0.875. The van der Waals surface area contributed by atoms with Crippen LogP contribution in [0, 0.1) is 11.6 Å². The van der Waals surface area contributed by atoms with E-state index in [0.717, 1.165) is 30.7 Å². The molecule has 2 aromatic rings. The highest BCUT2D eigenvalue weighted by molar-refractivity contribution is 6.04. The van der Waals surface area contributed by atoms with Crippen LogP contribution in [-0.2, 0) is 0 Å². The van der Waals surface area contributed by atoms with E-state index in [1.807, 2.05) is 0 Å². The molecule has 0 saturated heterocycles. The van der Waals surface area contributed by atoms with Crippen molar-refractivity contribution >= 4 is 17.3 Å². The molecule has 1 saturated carbocycles. The first-order chi connectivity index (χ1) is 11.6. The normalized spacial score (nSPS) is 15.1. The Balaban J connectivity index is 1.72. The van der Waals surface area contributed by atoms with Gasteiger partial charge in [-0.05, 0) is 31.0 Å². The van der Waals surface area contributed by atoms with Gasteiger partial charge in [0.1, 0.15) is 17.3 Å². The lowest BCUT2D eigenvalue weighted by Gasteiger charge is -2.23. The van der Waals surface area contributed by atoms with Crippen molar-refractivity contribution in [3.05, 3.63) is 53.9 Å².